The Morgan fingerprint density at radius 3 is 2.43 bits per heavy atom. The Kier molecular flexibility index (Phi) is 4.70. The number of ether oxygens (including phenoxy) is 1. The number of ketones is 1. The van der Waals surface area contributed by atoms with Crippen LogP contribution in [0.1, 0.15) is 32.2 Å². The molecule has 4 nitrogen and oxygen atoms in total. The van der Waals surface area contributed by atoms with Crippen molar-refractivity contribution in [2.75, 3.05) is 6.61 Å². The Morgan fingerprint density at radius 1 is 1.14 bits per heavy atom. The number of benzene rings is 1. The highest BCUT2D eigenvalue weighted by Gasteiger charge is 2.17. The topological polar surface area (TPSA) is 56.5 Å². The fraction of sp³-hybridized carbons (Fsp3) is 0.200. The van der Waals surface area contributed by atoms with Crippen LogP contribution in [-0.2, 0) is 4.74 Å². The molecular weight excluding hydrogens is 315 g/mol. The van der Waals surface area contributed by atoms with Crippen LogP contribution in [0.25, 0.3) is 0 Å². The van der Waals surface area contributed by atoms with Gasteiger partial charge in [-0.2, -0.15) is 0 Å². The third kappa shape index (κ3) is 3.65. The maximum atomic E-state index is 11.9. The molecule has 2 rings (SSSR count). The molecule has 0 spiro atoms. The zero-order chi connectivity index (χ0) is 15.6. The summed E-state index contributed by atoms with van der Waals surface area (Å²) in [5.74, 6) is 0.104. The van der Waals surface area contributed by atoms with Crippen LogP contribution in [0.5, 0.6) is 0 Å². The molecule has 0 radical (unpaired) electrons. The van der Waals surface area contributed by atoms with Crippen LogP contribution in [0.2, 0.25) is 10.0 Å². The number of hydrogen-bond donors (Lipinski definition) is 0. The van der Waals surface area contributed by atoms with Gasteiger partial charge in [0.1, 0.15) is 17.1 Å². The van der Waals surface area contributed by atoms with Crippen LogP contribution in [0, 0.1) is 13.8 Å². The number of furan rings is 1. The third-order valence-electron chi connectivity index (χ3n) is 2.84. The van der Waals surface area contributed by atoms with E-state index in [1.807, 2.05) is 0 Å². The van der Waals surface area contributed by atoms with Gasteiger partial charge in [-0.05, 0) is 38.1 Å². The van der Waals surface area contributed by atoms with Crippen LogP contribution in [-0.4, -0.2) is 18.4 Å². The molecule has 110 valence electrons. The summed E-state index contributed by atoms with van der Waals surface area (Å²) in [5, 5.41) is 0.629. The van der Waals surface area contributed by atoms with Crippen LogP contribution >= 0.6 is 23.2 Å². The van der Waals surface area contributed by atoms with Gasteiger partial charge in [-0.3, -0.25) is 4.79 Å². The first-order chi connectivity index (χ1) is 9.88. The summed E-state index contributed by atoms with van der Waals surface area (Å²) < 4.78 is 10.2. The monoisotopic (exact) mass is 326 g/mol. The molecule has 1 aromatic heterocycles. The maximum Gasteiger partial charge on any atom is 0.342 e. The van der Waals surface area contributed by atoms with E-state index in [1.165, 1.54) is 18.2 Å². The smallest absolute Gasteiger partial charge is 0.342 e. The van der Waals surface area contributed by atoms with Gasteiger partial charge in [0.25, 0.3) is 0 Å². The first kappa shape index (κ1) is 15.6. The summed E-state index contributed by atoms with van der Waals surface area (Å²) in [6.07, 6.45) is 0. The zero-order valence-electron chi connectivity index (χ0n) is 11.4. The molecule has 0 bridgehead atoms. The van der Waals surface area contributed by atoms with Crippen LogP contribution in [0.4, 0.5) is 0 Å². The predicted molar refractivity (Wildman–Crippen MR) is 79.3 cm³/mol. The van der Waals surface area contributed by atoms with Gasteiger partial charge in [0, 0.05) is 5.56 Å². The Bertz CT molecular complexity index is 704. The van der Waals surface area contributed by atoms with Crippen molar-refractivity contribution in [2.24, 2.45) is 0 Å². The van der Waals surface area contributed by atoms with Gasteiger partial charge in [0.05, 0.1) is 10.0 Å². The van der Waals surface area contributed by atoms with E-state index in [2.05, 4.69) is 0 Å². The van der Waals surface area contributed by atoms with Gasteiger partial charge in [-0.1, -0.05) is 23.2 Å². The molecular formula is C15H12Cl2O4. The molecule has 6 heteroatoms. The summed E-state index contributed by atoms with van der Waals surface area (Å²) >= 11 is 11.6. The number of halogens is 2. The first-order valence-electron chi connectivity index (χ1n) is 6.11. The quantitative estimate of drug-likeness (QED) is 0.622. The molecule has 0 atom stereocenters. The third-order valence-corrected chi connectivity index (χ3v) is 3.58. The normalized spacial score (nSPS) is 10.5. The Balaban J connectivity index is 2.02. The van der Waals surface area contributed by atoms with Crippen molar-refractivity contribution in [1.29, 1.82) is 0 Å². The fourth-order valence-electron chi connectivity index (χ4n) is 1.80. The van der Waals surface area contributed by atoms with E-state index >= 15 is 0 Å². The van der Waals surface area contributed by atoms with Crippen molar-refractivity contribution >= 4 is 35.0 Å². The van der Waals surface area contributed by atoms with Crippen LogP contribution in [0.3, 0.4) is 0 Å². The zero-order valence-corrected chi connectivity index (χ0v) is 12.9. The molecule has 0 aliphatic carbocycles. The molecule has 0 saturated heterocycles. The standard InChI is InChI=1S/C15H12Cl2O4/c1-8-5-11(9(2)21-8)15(19)20-7-14(18)10-3-4-12(16)13(17)6-10/h3-6H,7H2,1-2H3. The number of esters is 1. The van der Waals surface area contributed by atoms with Crippen LogP contribution < -0.4 is 0 Å². The van der Waals surface area contributed by atoms with Gasteiger partial charge in [-0.15, -0.1) is 0 Å². The van der Waals surface area contributed by atoms with Gasteiger partial charge in [-0.25, -0.2) is 4.79 Å². The molecule has 0 N–H and O–H groups in total. The summed E-state index contributed by atoms with van der Waals surface area (Å²) in [4.78, 5) is 23.8. The second kappa shape index (κ2) is 6.33. The van der Waals surface area contributed by atoms with E-state index in [0.717, 1.165) is 0 Å². The average Bonchev–Trinajstić information content (AvgIpc) is 2.77. The lowest BCUT2D eigenvalue weighted by molar-refractivity contribution is 0.0473. The largest absolute Gasteiger partial charge is 0.466 e. The lowest BCUT2D eigenvalue weighted by Crippen LogP contribution is -2.14. The number of hydrogen-bond acceptors (Lipinski definition) is 4. The number of aryl methyl sites for hydroxylation is 2. The lowest BCUT2D eigenvalue weighted by atomic mass is 10.1. The van der Waals surface area contributed by atoms with E-state index in [0.29, 0.717) is 27.7 Å². The summed E-state index contributed by atoms with van der Waals surface area (Å²) in [6, 6.07) is 6.05. The molecule has 1 aromatic carbocycles. The molecule has 0 unspecified atom stereocenters. The van der Waals surface area contributed by atoms with Crippen molar-refractivity contribution in [1.82, 2.24) is 0 Å². The second-order valence-electron chi connectivity index (χ2n) is 4.46. The molecule has 0 aliphatic heterocycles. The Morgan fingerprint density at radius 2 is 1.86 bits per heavy atom. The number of Topliss-reactive ketones (excluding diaryl/α,β-unsaturated/α-hetero) is 1. The maximum absolute atomic E-state index is 11.9. The van der Waals surface area contributed by atoms with Crippen LogP contribution in [0.15, 0.2) is 28.7 Å². The van der Waals surface area contributed by atoms with Gasteiger partial charge in [0.2, 0.25) is 0 Å². The minimum atomic E-state index is -0.599. The van der Waals surface area contributed by atoms with E-state index in [-0.39, 0.29) is 17.4 Å². The van der Waals surface area contributed by atoms with E-state index in [9.17, 15) is 9.59 Å². The minimum Gasteiger partial charge on any atom is -0.466 e. The van der Waals surface area contributed by atoms with E-state index in [4.69, 9.17) is 32.4 Å². The highest BCUT2D eigenvalue weighted by Crippen LogP contribution is 2.23. The van der Waals surface area contributed by atoms with Crippen molar-refractivity contribution in [3.63, 3.8) is 0 Å². The predicted octanol–water partition coefficient (Wildman–Crippen LogP) is 4.24. The van der Waals surface area contributed by atoms with E-state index < -0.39 is 5.97 Å². The molecule has 1 heterocycles. The van der Waals surface area contributed by atoms with Crippen molar-refractivity contribution in [2.45, 2.75) is 13.8 Å². The molecule has 0 aliphatic rings. The number of carbonyl (C=O) groups excluding carboxylic acids is 2. The molecule has 21 heavy (non-hydrogen) atoms. The SMILES string of the molecule is Cc1cc(C(=O)OCC(=O)c2ccc(Cl)c(Cl)c2)c(C)o1. The number of rotatable bonds is 4. The highest BCUT2D eigenvalue weighted by atomic mass is 35.5. The highest BCUT2D eigenvalue weighted by molar-refractivity contribution is 6.42. The molecule has 0 fully saturated rings. The molecule has 0 saturated carbocycles. The van der Waals surface area contributed by atoms with Gasteiger partial charge < -0.3 is 9.15 Å². The van der Waals surface area contributed by atoms with Crippen molar-refractivity contribution < 1.29 is 18.7 Å². The van der Waals surface area contributed by atoms with E-state index in [1.54, 1.807) is 19.9 Å². The van der Waals surface area contributed by atoms with Crippen molar-refractivity contribution in [3.8, 4) is 0 Å². The van der Waals surface area contributed by atoms with Crippen molar-refractivity contribution in [3.05, 3.63) is 57.0 Å². The summed E-state index contributed by atoms with van der Waals surface area (Å²) in [6.45, 7) is 3.01. The summed E-state index contributed by atoms with van der Waals surface area (Å²) in [7, 11) is 0. The minimum absolute atomic E-state index is 0.273. The lowest BCUT2D eigenvalue weighted by Gasteiger charge is -2.04. The Hall–Kier alpha value is -1.78. The second-order valence-corrected chi connectivity index (χ2v) is 5.27. The fourth-order valence-corrected chi connectivity index (χ4v) is 2.09. The number of carbonyl (C=O) groups is 2. The summed E-state index contributed by atoms with van der Waals surface area (Å²) in [5.41, 5.74) is 0.645. The van der Waals surface area contributed by atoms with Gasteiger partial charge >= 0.3 is 5.97 Å². The average molecular weight is 327 g/mol. The molecule has 0 amide bonds. The first-order valence-corrected chi connectivity index (χ1v) is 6.86. The Labute approximate surface area is 131 Å². The van der Waals surface area contributed by atoms with Gasteiger partial charge in [0.15, 0.2) is 12.4 Å². The molecule has 2 aromatic rings.